The molecule has 172 valence electrons. The predicted molar refractivity (Wildman–Crippen MR) is 125 cm³/mol. The fourth-order valence-corrected chi connectivity index (χ4v) is 3.51. The van der Waals surface area contributed by atoms with Crippen molar-refractivity contribution in [3.05, 3.63) is 46.5 Å². The molecular formula is C23H28ClN3O5. The zero-order chi connectivity index (χ0) is 23.1. The lowest BCUT2D eigenvalue weighted by Crippen LogP contribution is -2.37. The van der Waals surface area contributed by atoms with E-state index in [1.165, 1.54) is 21.3 Å². The van der Waals surface area contributed by atoms with Crippen molar-refractivity contribution in [2.75, 3.05) is 39.8 Å². The lowest BCUT2D eigenvalue weighted by atomic mass is 10.1. The third-order valence-corrected chi connectivity index (χ3v) is 5.32. The molecule has 3 rings (SSSR count). The van der Waals surface area contributed by atoms with E-state index in [9.17, 15) is 4.79 Å². The third kappa shape index (κ3) is 5.83. The van der Waals surface area contributed by atoms with Crippen molar-refractivity contribution in [1.29, 1.82) is 0 Å². The molecule has 1 heterocycles. The average molecular weight is 462 g/mol. The second-order valence-corrected chi connectivity index (χ2v) is 7.71. The van der Waals surface area contributed by atoms with Crippen molar-refractivity contribution in [3.63, 3.8) is 0 Å². The normalized spacial score (nSPS) is 15.9. The van der Waals surface area contributed by atoms with Crippen LogP contribution >= 0.6 is 11.6 Å². The molecule has 0 saturated carbocycles. The summed E-state index contributed by atoms with van der Waals surface area (Å²) in [6.07, 6.45) is 1.98. The fraction of sp³-hybridized carbons (Fsp3) is 0.391. The average Bonchev–Trinajstić information content (AvgIpc) is 3.32. The first kappa shape index (κ1) is 23.7. The Kier molecular flexibility index (Phi) is 8.19. The standard InChI is InChI=1S/C23H28ClN3O5/c1-14-7-8-16(24)12-18(14)26-23(25-13-17-6-5-9-32-17)27-22(28)15-10-19(29-2)21(31-4)20(11-15)30-3/h7-8,10-12,17H,5-6,9,13H2,1-4H3,(H2,25,26,27,28)/t17-/m1/s1. The highest BCUT2D eigenvalue weighted by atomic mass is 35.5. The van der Waals surface area contributed by atoms with Crippen LogP contribution < -0.4 is 24.8 Å². The van der Waals surface area contributed by atoms with E-state index in [1.807, 2.05) is 13.0 Å². The van der Waals surface area contributed by atoms with Crippen LogP contribution in [0.3, 0.4) is 0 Å². The number of benzene rings is 2. The molecule has 1 fully saturated rings. The molecule has 0 unspecified atom stereocenters. The molecule has 1 aliphatic rings. The van der Waals surface area contributed by atoms with Gasteiger partial charge in [-0.25, -0.2) is 4.99 Å². The topological polar surface area (TPSA) is 90.4 Å². The number of aliphatic imine (C=N–C) groups is 1. The molecule has 2 aromatic rings. The summed E-state index contributed by atoms with van der Waals surface area (Å²) in [5, 5.41) is 6.60. The summed E-state index contributed by atoms with van der Waals surface area (Å²) in [4.78, 5) is 17.7. The minimum atomic E-state index is -0.387. The number of halogens is 1. The van der Waals surface area contributed by atoms with Gasteiger partial charge in [-0.2, -0.15) is 0 Å². The first-order chi connectivity index (χ1) is 15.4. The molecule has 0 aromatic heterocycles. The minimum Gasteiger partial charge on any atom is -0.493 e. The van der Waals surface area contributed by atoms with Crippen LogP contribution in [0.25, 0.3) is 0 Å². The second-order valence-electron chi connectivity index (χ2n) is 7.28. The van der Waals surface area contributed by atoms with Gasteiger partial charge in [0, 0.05) is 22.9 Å². The number of aryl methyl sites for hydroxylation is 1. The van der Waals surface area contributed by atoms with Crippen molar-refractivity contribution in [3.8, 4) is 17.2 Å². The largest absolute Gasteiger partial charge is 0.493 e. The van der Waals surface area contributed by atoms with Crippen molar-refractivity contribution < 1.29 is 23.7 Å². The van der Waals surface area contributed by atoms with Crippen LogP contribution in [0.1, 0.15) is 28.8 Å². The highest BCUT2D eigenvalue weighted by Gasteiger charge is 2.19. The number of anilines is 1. The number of ether oxygens (including phenoxy) is 4. The van der Waals surface area contributed by atoms with E-state index >= 15 is 0 Å². The van der Waals surface area contributed by atoms with Gasteiger partial charge in [-0.05, 0) is 49.6 Å². The van der Waals surface area contributed by atoms with Gasteiger partial charge >= 0.3 is 0 Å². The minimum absolute atomic E-state index is 0.0327. The van der Waals surface area contributed by atoms with Crippen molar-refractivity contribution in [2.24, 2.45) is 4.99 Å². The number of nitrogens with zero attached hydrogens (tertiary/aromatic N) is 1. The Balaban J connectivity index is 1.87. The number of rotatable bonds is 7. The number of nitrogens with one attached hydrogen (secondary N) is 2. The summed E-state index contributed by atoms with van der Waals surface area (Å²) < 4.78 is 21.7. The highest BCUT2D eigenvalue weighted by molar-refractivity contribution is 6.31. The van der Waals surface area contributed by atoms with Crippen LogP contribution in [0.2, 0.25) is 5.02 Å². The molecule has 1 saturated heterocycles. The van der Waals surface area contributed by atoms with E-state index in [4.69, 9.17) is 30.5 Å². The van der Waals surface area contributed by atoms with Gasteiger partial charge in [-0.1, -0.05) is 17.7 Å². The van der Waals surface area contributed by atoms with E-state index in [1.54, 1.807) is 24.3 Å². The molecule has 0 bridgehead atoms. The molecule has 1 amide bonds. The lowest BCUT2D eigenvalue weighted by molar-refractivity contribution is 0.0974. The zero-order valence-corrected chi connectivity index (χ0v) is 19.4. The van der Waals surface area contributed by atoms with Crippen molar-refractivity contribution >= 4 is 29.2 Å². The van der Waals surface area contributed by atoms with Gasteiger partial charge in [-0.15, -0.1) is 0 Å². The lowest BCUT2D eigenvalue weighted by Gasteiger charge is -2.17. The van der Waals surface area contributed by atoms with Gasteiger partial charge in [0.05, 0.1) is 34.0 Å². The number of carbonyl (C=O) groups is 1. The van der Waals surface area contributed by atoms with E-state index in [2.05, 4.69) is 15.6 Å². The Bertz CT molecular complexity index is 965. The van der Waals surface area contributed by atoms with Gasteiger partial charge in [0.2, 0.25) is 11.7 Å². The van der Waals surface area contributed by atoms with E-state index in [0.717, 1.165) is 30.7 Å². The van der Waals surface area contributed by atoms with Gasteiger partial charge < -0.3 is 24.3 Å². The number of amides is 1. The van der Waals surface area contributed by atoms with Crippen molar-refractivity contribution in [2.45, 2.75) is 25.9 Å². The van der Waals surface area contributed by atoms with Gasteiger partial charge in [0.25, 0.3) is 5.91 Å². The predicted octanol–water partition coefficient (Wildman–Crippen LogP) is 4.05. The molecule has 9 heteroatoms. The summed E-state index contributed by atoms with van der Waals surface area (Å²) in [7, 11) is 4.50. The summed E-state index contributed by atoms with van der Waals surface area (Å²) in [6.45, 7) is 3.10. The van der Waals surface area contributed by atoms with E-state index in [-0.39, 0.29) is 12.0 Å². The van der Waals surface area contributed by atoms with Gasteiger partial charge in [0.1, 0.15) is 0 Å². The summed E-state index contributed by atoms with van der Waals surface area (Å²) in [5.41, 5.74) is 2.03. The Hall–Kier alpha value is -2.97. The van der Waals surface area contributed by atoms with E-state index in [0.29, 0.717) is 40.3 Å². The van der Waals surface area contributed by atoms with Crippen LogP contribution in [0.15, 0.2) is 35.3 Å². The maximum absolute atomic E-state index is 13.1. The molecule has 0 aliphatic carbocycles. The van der Waals surface area contributed by atoms with Gasteiger partial charge in [0.15, 0.2) is 11.5 Å². The first-order valence-corrected chi connectivity index (χ1v) is 10.6. The van der Waals surface area contributed by atoms with Crippen LogP contribution in [-0.4, -0.2) is 52.5 Å². The van der Waals surface area contributed by atoms with Crippen LogP contribution in [0.5, 0.6) is 17.2 Å². The quantitative estimate of drug-likeness (QED) is 0.477. The number of carbonyl (C=O) groups excluding carboxylic acids is 1. The Labute approximate surface area is 192 Å². The molecule has 0 radical (unpaired) electrons. The Morgan fingerprint density at radius 2 is 1.88 bits per heavy atom. The molecule has 2 aromatic carbocycles. The monoisotopic (exact) mass is 461 g/mol. The molecular weight excluding hydrogens is 434 g/mol. The maximum atomic E-state index is 13.1. The summed E-state index contributed by atoms with van der Waals surface area (Å²) in [5.74, 6) is 1.08. The number of guanidine groups is 1. The zero-order valence-electron chi connectivity index (χ0n) is 18.7. The Morgan fingerprint density at radius 3 is 2.47 bits per heavy atom. The summed E-state index contributed by atoms with van der Waals surface area (Å²) >= 11 is 6.15. The van der Waals surface area contributed by atoms with Crippen LogP contribution in [-0.2, 0) is 4.74 Å². The third-order valence-electron chi connectivity index (χ3n) is 5.09. The molecule has 1 aliphatic heterocycles. The van der Waals surface area contributed by atoms with Crippen LogP contribution in [0.4, 0.5) is 5.69 Å². The number of methoxy groups -OCH3 is 3. The molecule has 32 heavy (non-hydrogen) atoms. The van der Waals surface area contributed by atoms with Gasteiger partial charge in [-0.3, -0.25) is 10.1 Å². The number of hydrogen-bond acceptors (Lipinski definition) is 6. The SMILES string of the molecule is COc1cc(C(=O)NC(=NC[C@H]2CCCO2)Nc2cc(Cl)ccc2C)cc(OC)c1OC. The molecule has 2 N–H and O–H groups in total. The maximum Gasteiger partial charge on any atom is 0.258 e. The van der Waals surface area contributed by atoms with E-state index < -0.39 is 0 Å². The smallest absolute Gasteiger partial charge is 0.258 e. The Morgan fingerprint density at radius 1 is 1.16 bits per heavy atom. The molecule has 8 nitrogen and oxygen atoms in total. The highest BCUT2D eigenvalue weighted by Crippen LogP contribution is 2.38. The molecule has 0 spiro atoms. The number of hydrogen-bond donors (Lipinski definition) is 2. The molecule has 1 atom stereocenters. The van der Waals surface area contributed by atoms with Crippen LogP contribution in [0, 0.1) is 6.92 Å². The summed E-state index contributed by atoms with van der Waals surface area (Å²) in [6, 6.07) is 8.64. The fourth-order valence-electron chi connectivity index (χ4n) is 3.34. The first-order valence-electron chi connectivity index (χ1n) is 10.3. The second kappa shape index (κ2) is 11.1. The van der Waals surface area contributed by atoms with Crippen molar-refractivity contribution in [1.82, 2.24) is 5.32 Å².